The number of amides is 1. The van der Waals surface area contributed by atoms with Gasteiger partial charge < -0.3 is 4.98 Å². The molecule has 0 aliphatic rings. The van der Waals surface area contributed by atoms with Crippen LogP contribution in [-0.4, -0.2) is 14.1 Å². The second-order valence-corrected chi connectivity index (χ2v) is 10.7. The van der Waals surface area contributed by atoms with E-state index in [2.05, 4.69) is 38.8 Å². The van der Waals surface area contributed by atoms with Gasteiger partial charge in [-0.1, -0.05) is 52.1 Å². The van der Waals surface area contributed by atoms with Crippen molar-refractivity contribution in [1.29, 1.82) is 0 Å². The van der Waals surface area contributed by atoms with Crippen molar-refractivity contribution in [1.82, 2.24) is 4.98 Å². The number of carbonyl (C=O) groups excluding carboxylic acids is 1. The van der Waals surface area contributed by atoms with E-state index in [0.717, 1.165) is 5.56 Å². The van der Waals surface area contributed by atoms with Crippen LogP contribution in [0.1, 0.15) is 31.1 Å². The maximum Gasteiger partial charge on any atom is 0.243 e. The summed E-state index contributed by atoms with van der Waals surface area (Å²) in [6.07, 6.45) is 0. The van der Waals surface area contributed by atoms with E-state index in [1.165, 1.54) is 0 Å². The summed E-state index contributed by atoms with van der Waals surface area (Å²) in [5, 5.41) is 0.164. The Morgan fingerprint density at radius 2 is 1.62 bits per heavy atom. The van der Waals surface area contributed by atoms with Crippen LogP contribution in [0.2, 0.25) is 18.1 Å². The highest BCUT2D eigenvalue weighted by molar-refractivity contribution is 6.80. The molecule has 0 unspecified atom stereocenters. The first-order chi connectivity index (χ1) is 7.24. The number of hydrogen-bond acceptors (Lipinski definition) is 1. The highest BCUT2D eigenvalue weighted by Gasteiger charge is 2.37. The molecule has 0 saturated carbocycles. The lowest BCUT2D eigenvalue weighted by molar-refractivity contribution is 0.0976. The zero-order valence-electron chi connectivity index (χ0n) is 10.8. The molecule has 88 valence electrons. The molecule has 0 aliphatic heterocycles. The minimum atomic E-state index is -1.75. The van der Waals surface area contributed by atoms with E-state index >= 15 is 0 Å². The Balaban J connectivity index is 2.80. The first-order valence-electron chi connectivity index (χ1n) is 5.61. The number of rotatable bonds is 2. The van der Waals surface area contributed by atoms with Crippen LogP contribution >= 0.6 is 0 Å². The van der Waals surface area contributed by atoms with Crippen molar-refractivity contribution < 1.29 is 4.79 Å². The molecule has 1 rings (SSSR count). The van der Waals surface area contributed by atoms with Gasteiger partial charge in [0.25, 0.3) is 0 Å². The molecule has 0 radical (unpaired) electrons. The summed E-state index contributed by atoms with van der Waals surface area (Å²) in [5.74, 6) is 0.0483. The van der Waals surface area contributed by atoms with Crippen LogP contribution in [0, 0.1) is 0 Å². The first kappa shape index (κ1) is 13.0. The Labute approximate surface area is 99.2 Å². The highest BCUT2D eigenvalue weighted by atomic mass is 28.3. The molecular weight excluding hydrogens is 214 g/mol. The van der Waals surface area contributed by atoms with Crippen LogP contribution in [-0.2, 0) is 0 Å². The summed E-state index contributed by atoms with van der Waals surface area (Å²) >= 11 is 0. The normalized spacial score (nSPS) is 12.3. The summed E-state index contributed by atoms with van der Waals surface area (Å²) in [5.41, 5.74) is 0.743. The van der Waals surface area contributed by atoms with Crippen molar-refractivity contribution in [3.63, 3.8) is 0 Å². The fourth-order valence-corrected chi connectivity index (χ4v) is 2.22. The molecule has 0 aromatic heterocycles. The van der Waals surface area contributed by atoms with Crippen molar-refractivity contribution in [3.05, 3.63) is 35.9 Å². The predicted molar refractivity (Wildman–Crippen MR) is 71.1 cm³/mol. The SMILES string of the molecule is CC(C)(C)[Si](C)(C)NC(=O)c1ccccc1. The molecule has 3 heteroatoms. The van der Waals surface area contributed by atoms with Gasteiger partial charge in [0, 0.05) is 5.56 Å². The van der Waals surface area contributed by atoms with Crippen LogP contribution < -0.4 is 4.98 Å². The number of hydrogen-bond donors (Lipinski definition) is 1. The third-order valence-electron chi connectivity index (χ3n) is 3.34. The molecule has 1 aromatic rings. The fourth-order valence-electron chi connectivity index (χ4n) is 1.13. The van der Waals surface area contributed by atoms with E-state index in [0.29, 0.717) is 0 Å². The summed E-state index contributed by atoms with van der Waals surface area (Å²) in [6, 6.07) is 9.40. The molecule has 2 nitrogen and oxygen atoms in total. The van der Waals surface area contributed by atoms with Crippen molar-refractivity contribution in [2.75, 3.05) is 0 Å². The van der Waals surface area contributed by atoms with Gasteiger partial charge in [-0.3, -0.25) is 4.79 Å². The lowest BCUT2D eigenvalue weighted by Gasteiger charge is -2.37. The van der Waals surface area contributed by atoms with Gasteiger partial charge in [-0.2, -0.15) is 0 Å². The van der Waals surface area contributed by atoms with E-state index in [9.17, 15) is 4.79 Å². The van der Waals surface area contributed by atoms with Gasteiger partial charge in [0.2, 0.25) is 5.91 Å². The van der Waals surface area contributed by atoms with E-state index in [-0.39, 0.29) is 10.9 Å². The van der Waals surface area contributed by atoms with Crippen molar-refractivity contribution in [2.24, 2.45) is 0 Å². The molecule has 0 bridgehead atoms. The van der Waals surface area contributed by atoms with Crippen LogP contribution in [0.15, 0.2) is 30.3 Å². The van der Waals surface area contributed by atoms with Crippen LogP contribution in [0.4, 0.5) is 0 Å². The Bertz CT molecular complexity index is 365. The number of nitrogens with one attached hydrogen (secondary N) is 1. The van der Waals surface area contributed by atoms with Gasteiger partial charge in [0.15, 0.2) is 8.24 Å². The maximum absolute atomic E-state index is 12.0. The quantitative estimate of drug-likeness (QED) is 0.782. The third-order valence-corrected chi connectivity index (χ3v) is 7.94. The Hall–Kier alpha value is -1.09. The number of carbonyl (C=O) groups is 1. The Morgan fingerprint density at radius 3 is 2.06 bits per heavy atom. The van der Waals surface area contributed by atoms with E-state index < -0.39 is 8.24 Å². The van der Waals surface area contributed by atoms with Crippen LogP contribution in [0.3, 0.4) is 0 Å². The maximum atomic E-state index is 12.0. The predicted octanol–water partition coefficient (Wildman–Crippen LogP) is 3.42. The monoisotopic (exact) mass is 235 g/mol. The molecule has 0 saturated heterocycles. The molecule has 1 amide bonds. The molecule has 0 heterocycles. The fraction of sp³-hybridized carbons (Fsp3) is 0.462. The molecule has 1 aromatic carbocycles. The molecule has 1 N–H and O–H groups in total. The molecule has 0 fully saturated rings. The second-order valence-electron chi connectivity index (χ2n) is 5.70. The van der Waals surface area contributed by atoms with Gasteiger partial charge in [0.1, 0.15) is 0 Å². The van der Waals surface area contributed by atoms with Crippen molar-refractivity contribution in [3.8, 4) is 0 Å². The standard InChI is InChI=1S/C13H21NOSi/c1-13(2,3)16(4,5)14-12(15)11-9-7-6-8-10-11/h6-10H,1-5H3,(H,14,15). The zero-order valence-corrected chi connectivity index (χ0v) is 11.8. The van der Waals surface area contributed by atoms with Gasteiger partial charge in [-0.15, -0.1) is 0 Å². The first-order valence-corrected chi connectivity index (χ1v) is 8.61. The average molecular weight is 235 g/mol. The highest BCUT2D eigenvalue weighted by Crippen LogP contribution is 2.33. The largest absolute Gasteiger partial charge is 0.378 e. The van der Waals surface area contributed by atoms with Crippen LogP contribution in [0.5, 0.6) is 0 Å². The third kappa shape index (κ3) is 2.95. The summed E-state index contributed by atoms with van der Waals surface area (Å²) < 4.78 is 0. The van der Waals surface area contributed by atoms with Crippen LogP contribution in [0.25, 0.3) is 0 Å². The van der Waals surface area contributed by atoms with E-state index in [4.69, 9.17) is 0 Å². The zero-order chi connectivity index (χ0) is 12.4. The lowest BCUT2D eigenvalue weighted by atomic mass is 10.2. The lowest BCUT2D eigenvalue weighted by Crippen LogP contribution is -2.54. The Morgan fingerprint density at radius 1 is 1.12 bits per heavy atom. The van der Waals surface area contributed by atoms with Gasteiger partial charge in [-0.05, 0) is 17.2 Å². The molecule has 0 atom stereocenters. The van der Waals surface area contributed by atoms with Gasteiger partial charge in [0.05, 0.1) is 0 Å². The molecule has 0 aliphatic carbocycles. The summed E-state index contributed by atoms with van der Waals surface area (Å²) in [4.78, 5) is 15.2. The van der Waals surface area contributed by atoms with Crippen molar-refractivity contribution >= 4 is 14.1 Å². The Kier molecular flexibility index (Phi) is 3.58. The second kappa shape index (κ2) is 4.42. The van der Waals surface area contributed by atoms with Gasteiger partial charge in [-0.25, -0.2) is 0 Å². The van der Waals surface area contributed by atoms with E-state index in [1.54, 1.807) is 0 Å². The number of benzene rings is 1. The van der Waals surface area contributed by atoms with Gasteiger partial charge >= 0.3 is 0 Å². The molecular formula is C13H21NOSi. The average Bonchev–Trinajstić information content (AvgIpc) is 2.16. The molecule has 0 spiro atoms. The summed E-state index contributed by atoms with van der Waals surface area (Å²) in [6.45, 7) is 10.9. The summed E-state index contributed by atoms with van der Waals surface area (Å²) in [7, 11) is -1.75. The van der Waals surface area contributed by atoms with Crippen molar-refractivity contribution in [2.45, 2.75) is 38.9 Å². The minimum Gasteiger partial charge on any atom is -0.378 e. The topological polar surface area (TPSA) is 29.1 Å². The smallest absolute Gasteiger partial charge is 0.243 e. The van der Waals surface area contributed by atoms with E-state index in [1.807, 2.05) is 30.3 Å². The molecule has 16 heavy (non-hydrogen) atoms. The minimum absolute atomic E-state index is 0.0483.